The Labute approximate surface area is 166 Å². The summed E-state index contributed by atoms with van der Waals surface area (Å²) in [5.41, 5.74) is 4.00. The van der Waals surface area contributed by atoms with Crippen LogP contribution in [-0.2, 0) is 30.7 Å². The molecular formula is C24H25N3O. The van der Waals surface area contributed by atoms with Crippen molar-refractivity contribution in [3.8, 4) is 0 Å². The van der Waals surface area contributed by atoms with Gasteiger partial charge in [0.15, 0.2) is 0 Å². The van der Waals surface area contributed by atoms with E-state index in [0.717, 1.165) is 25.1 Å². The van der Waals surface area contributed by atoms with E-state index in [9.17, 15) is 4.79 Å². The van der Waals surface area contributed by atoms with Crippen LogP contribution in [0.1, 0.15) is 22.4 Å². The van der Waals surface area contributed by atoms with Crippen molar-refractivity contribution in [1.29, 1.82) is 0 Å². The third-order valence-electron chi connectivity index (χ3n) is 5.66. The molecule has 0 unspecified atom stereocenters. The zero-order valence-corrected chi connectivity index (χ0v) is 16.1. The fourth-order valence-corrected chi connectivity index (χ4v) is 4.05. The standard InChI is InChI=1S/C24H25N3O/c1-27(18-19-9-3-2-4-10-19)24(15-20-11-5-6-12-21(20)16-24)23(28)26-17-22-13-7-8-14-25-22/h2-14H,15-18H2,1H3,(H,26,28). The molecule has 2 aromatic carbocycles. The molecule has 4 rings (SSSR count). The molecule has 3 aromatic rings. The molecule has 1 aliphatic rings. The fourth-order valence-electron chi connectivity index (χ4n) is 4.05. The average molecular weight is 371 g/mol. The van der Waals surface area contributed by atoms with Gasteiger partial charge in [-0.2, -0.15) is 0 Å². The zero-order chi connectivity index (χ0) is 19.4. The average Bonchev–Trinajstić information content (AvgIpc) is 3.14. The van der Waals surface area contributed by atoms with Gasteiger partial charge in [0.2, 0.25) is 5.91 Å². The van der Waals surface area contributed by atoms with Crippen molar-refractivity contribution >= 4 is 5.91 Å². The normalized spacial score (nSPS) is 14.6. The lowest BCUT2D eigenvalue weighted by molar-refractivity contribution is -0.133. The molecule has 1 aromatic heterocycles. The van der Waals surface area contributed by atoms with Gasteiger partial charge >= 0.3 is 0 Å². The number of benzene rings is 2. The van der Waals surface area contributed by atoms with E-state index < -0.39 is 5.54 Å². The third-order valence-corrected chi connectivity index (χ3v) is 5.66. The topological polar surface area (TPSA) is 45.2 Å². The molecule has 0 saturated heterocycles. The predicted octanol–water partition coefficient (Wildman–Crippen LogP) is 3.37. The highest BCUT2D eigenvalue weighted by atomic mass is 16.2. The molecule has 4 nitrogen and oxygen atoms in total. The molecule has 1 heterocycles. The van der Waals surface area contributed by atoms with Gasteiger partial charge in [0, 0.05) is 25.6 Å². The number of hydrogen-bond acceptors (Lipinski definition) is 3. The minimum Gasteiger partial charge on any atom is -0.349 e. The van der Waals surface area contributed by atoms with Gasteiger partial charge in [-0.3, -0.25) is 14.7 Å². The summed E-state index contributed by atoms with van der Waals surface area (Å²) >= 11 is 0. The Morgan fingerprint density at radius 3 is 2.25 bits per heavy atom. The summed E-state index contributed by atoms with van der Waals surface area (Å²) in [6.07, 6.45) is 3.20. The monoisotopic (exact) mass is 371 g/mol. The second kappa shape index (κ2) is 7.95. The summed E-state index contributed by atoms with van der Waals surface area (Å²) in [6, 6.07) is 24.5. The lowest BCUT2D eigenvalue weighted by atomic mass is 9.91. The highest BCUT2D eigenvalue weighted by Gasteiger charge is 2.46. The molecule has 4 heteroatoms. The fraction of sp³-hybridized carbons (Fsp3) is 0.250. The Kier molecular flexibility index (Phi) is 5.22. The summed E-state index contributed by atoms with van der Waals surface area (Å²) in [7, 11) is 2.05. The Hall–Kier alpha value is -2.98. The van der Waals surface area contributed by atoms with Gasteiger partial charge in [-0.15, -0.1) is 0 Å². The van der Waals surface area contributed by atoms with Crippen LogP contribution in [0.2, 0.25) is 0 Å². The van der Waals surface area contributed by atoms with Crippen LogP contribution in [0.15, 0.2) is 79.0 Å². The maximum atomic E-state index is 13.5. The number of carbonyl (C=O) groups excluding carboxylic acids is 1. The molecule has 1 aliphatic carbocycles. The van der Waals surface area contributed by atoms with Crippen LogP contribution < -0.4 is 5.32 Å². The first kappa shape index (κ1) is 18.4. The minimum atomic E-state index is -0.589. The van der Waals surface area contributed by atoms with Crippen LogP contribution in [0.3, 0.4) is 0 Å². The van der Waals surface area contributed by atoms with Crippen molar-refractivity contribution < 1.29 is 4.79 Å². The van der Waals surface area contributed by atoms with Crippen molar-refractivity contribution in [2.24, 2.45) is 0 Å². The van der Waals surface area contributed by atoms with Gasteiger partial charge in [0.1, 0.15) is 5.54 Å². The highest BCUT2D eigenvalue weighted by Crippen LogP contribution is 2.35. The van der Waals surface area contributed by atoms with E-state index >= 15 is 0 Å². The number of hydrogen-bond donors (Lipinski definition) is 1. The maximum absolute atomic E-state index is 13.5. The SMILES string of the molecule is CN(Cc1ccccc1)C1(C(=O)NCc2ccccn2)Cc2ccccc2C1. The number of nitrogens with zero attached hydrogens (tertiary/aromatic N) is 2. The van der Waals surface area contributed by atoms with Crippen molar-refractivity contribution in [2.45, 2.75) is 31.5 Å². The maximum Gasteiger partial charge on any atom is 0.241 e. The first-order chi connectivity index (χ1) is 13.7. The first-order valence-electron chi connectivity index (χ1n) is 9.67. The number of carbonyl (C=O) groups is 1. The van der Waals surface area contributed by atoms with Crippen molar-refractivity contribution in [1.82, 2.24) is 15.2 Å². The second-order valence-electron chi connectivity index (χ2n) is 7.50. The number of rotatable bonds is 6. The molecule has 1 N–H and O–H groups in total. The highest BCUT2D eigenvalue weighted by molar-refractivity contribution is 5.88. The number of aromatic nitrogens is 1. The van der Waals surface area contributed by atoms with E-state index in [1.54, 1.807) is 6.20 Å². The first-order valence-corrected chi connectivity index (χ1v) is 9.67. The van der Waals surface area contributed by atoms with Gasteiger partial charge in [-0.05, 0) is 35.9 Å². The van der Waals surface area contributed by atoms with Crippen molar-refractivity contribution in [3.63, 3.8) is 0 Å². The largest absolute Gasteiger partial charge is 0.349 e. The summed E-state index contributed by atoms with van der Waals surface area (Å²) in [5.74, 6) is 0.0628. The van der Waals surface area contributed by atoms with Gasteiger partial charge in [-0.1, -0.05) is 60.7 Å². The molecule has 0 fully saturated rings. The van der Waals surface area contributed by atoms with Gasteiger partial charge < -0.3 is 5.32 Å². The Balaban J connectivity index is 1.58. The van der Waals surface area contributed by atoms with Gasteiger partial charge in [0.25, 0.3) is 0 Å². The van der Waals surface area contributed by atoms with Crippen LogP contribution in [0.4, 0.5) is 0 Å². The number of amides is 1. The van der Waals surface area contributed by atoms with Crippen molar-refractivity contribution in [2.75, 3.05) is 7.05 Å². The second-order valence-corrected chi connectivity index (χ2v) is 7.50. The molecule has 0 aliphatic heterocycles. The zero-order valence-electron chi connectivity index (χ0n) is 16.1. The molecular weight excluding hydrogens is 346 g/mol. The molecule has 142 valence electrons. The van der Waals surface area contributed by atoms with Crippen LogP contribution in [0, 0.1) is 0 Å². The Bertz CT molecular complexity index is 915. The lowest BCUT2D eigenvalue weighted by Crippen LogP contribution is -2.58. The Morgan fingerprint density at radius 1 is 0.964 bits per heavy atom. The predicted molar refractivity (Wildman–Crippen MR) is 111 cm³/mol. The van der Waals surface area contributed by atoms with Gasteiger partial charge in [-0.25, -0.2) is 0 Å². The molecule has 0 spiro atoms. The third kappa shape index (κ3) is 3.69. The number of nitrogens with one attached hydrogen (secondary N) is 1. The molecule has 0 bridgehead atoms. The summed E-state index contributed by atoms with van der Waals surface area (Å²) in [6.45, 7) is 1.17. The number of fused-ring (bicyclic) bond motifs is 1. The van der Waals surface area contributed by atoms with E-state index in [-0.39, 0.29) is 5.91 Å². The van der Waals surface area contributed by atoms with Crippen LogP contribution in [-0.4, -0.2) is 28.4 Å². The smallest absolute Gasteiger partial charge is 0.241 e. The van der Waals surface area contributed by atoms with Gasteiger partial charge in [0.05, 0.1) is 12.2 Å². The molecule has 28 heavy (non-hydrogen) atoms. The summed E-state index contributed by atoms with van der Waals surface area (Å²) in [4.78, 5) is 20.0. The quantitative estimate of drug-likeness (QED) is 0.723. The number of likely N-dealkylation sites (N-methyl/N-ethyl adjacent to an activating group) is 1. The van der Waals surface area contributed by atoms with E-state index in [1.165, 1.54) is 16.7 Å². The number of pyridine rings is 1. The lowest BCUT2D eigenvalue weighted by Gasteiger charge is -2.37. The van der Waals surface area contributed by atoms with Crippen LogP contribution in [0.25, 0.3) is 0 Å². The molecule has 1 amide bonds. The molecule has 0 atom stereocenters. The van der Waals surface area contributed by atoms with E-state index in [0.29, 0.717) is 6.54 Å². The molecule has 0 saturated carbocycles. The minimum absolute atomic E-state index is 0.0628. The van der Waals surface area contributed by atoms with E-state index in [1.807, 2.05) is 36.4 Å². The van der Waals surface area contributed by atoms with Crippen LogP contribution >= 0.6 is 0 Å². The summed E-state index contributed by atoms with van der Waals surface area (Å²) < 4.78 is 0. The molecule has 0 radical (unpaired) electrons. The summed E-state index contributed by atoms with van der Waals surface area (Å²) in [5, 5.41) is 3.14. The van der Waals surface area contributed by atoms with Crippen molar-refractivity contribution in [3.05, 3.63) is 101 Å². The van der Waals surface area contributed by atoms with E-state index in [2.05, 4.69) is 58.6 Å². The Morgan fingerprint density at radius 2 is 1.61 bits per heavy atom. The van der Waals surface area contributed by atoms with Crippen LogP contribution in [0.5, 0.6) is 0 Å². The van der Waals surface area contributed by atoms with E-state index in [4.69, 9.17) is 0 Å².